The second-order valence-electron chi connectivity index (χ2n) is 4.14. The van der Waals surface area contributed by atoms with E-state index in [0.717, 1.165) is 17.7 Å². The first-order valence-electron chi connectivity index (χ1n) is 5.69. The molecule has 0 radical (unpaired) electrons. The Morgan fingerprint density at radius 3 is 2.65 bits per heavy atom. The highest BCUT2D eigenvalue weighted by Gasteiger charge is 2.16. The molecule has 0 saturated heterocycles. The fourth-order valence-corrected chi connectivity index (χ4v) is 1.55. The van der Waals surface area contributed by atoms with E-state index in [9.17, 15) is 20.0 Å². The van der Waals surface area contributed by atoms with Crippen molar-refractivity contribution in [2.24, 2.45) is 0 Å². The highest BCUT2D eigenvalue weighted by Crippen LogP contribution is 2.26. The maximum atomic E-state index is 11.9. The number of carbonyl (C=O) groups is 1. The van der Waals surface area contributed by atoms with E-state index in [-0.39, 0.29) is 5.56 Å². The maximum Gasteiger partial charge on any atom is 0.310 e. The fourth-order valence-electron chi connectivity index (χ4n) is 1.55. The average Bonchev–Trinajstić information content (AvgIpc) is 2.40. The first-order valence-corrected chi connectivity index (χ1v) is 5.69. The van der Waals surface area contributed by atoms with Crippen LogP contribution in [0.5, 0.6) is 5.75 Å². The van der Waals surface area contributed by atoms with Crippen LogP contribution in [0.1, 0.15) is 15.9 Å². The van der Waals surface area contributed by atoms with E-state index in [1.165, 1.54) is 6.07 Å². The number of aromatic nitrogens is 1. The van der Waals surface area contributed by atoms with E-state index in [1.54, 1.807) is 18.3 Å². The zero-order chi connectivity index (χ0) is 14.7. The van der Waals surface area contributed by atoms with Gasteiger partial charge in [-0.05, 0) is 30.7 Å². The predicted octanol–water partition coefficient (Wildman–Crippen LogP) is 2.26. The van der Waals surface area contributed by atoms with Crippen LogP contribution < -0.4 is 5.32 Å². The van der Waals surface area contributed by atoms with Gasteiger partial charge in [0.2, 0.25) is 0 Å². The van der Waals surface area contributed by atoms with Crippen molar-refractivity contribution >= 4 is 17.4 Å². The highest BCUT2D eigenvalue weighted by molar-refractivity contribution is 6.04. The van der Waals surface area contributed by atoms with Gasteiger partial charge in [0.15, 0.2) is 5.75 Å². The molecule has 0 aliphatic rings. The van der Waals surface area contributed by atoms with Crippen LogP contribution in [0, 0.1) is 17.0 Å². The number of hydrogen-bond acceptors (Lipinski definition) is 5. The molecule has 1 heterocycles. The second-order valence-corrected chi connectivity index (χ2v) is 4.14. The minimum atomic E-state index is -0.724. The number of phenolic OH excluding ortho intramolecular Hbond substituents is 1. The molecule has 0 spiro atoms. The third kappa shape index (κ3) is 2.89. The smallest absolute Gasteiger partial charge is 0.310 e. The van der Waals surface area contributed by atoms with Crippen LogP contribution in [-0.2, 0) is 0 Å². The largest absolute Gasteiger partial charge is 0.502 e. The van der Waals surface area contributed by atoms with Gasteiger partial charge in [0.1, 0.15) is 5.82 Å². The Morgan fingerprint density at radius 1 is 1.35 bits per heavy atom. The lowest BCUT2D eigenvalue weighted by atomic mass is 10.2. The van der Waals surface area contributed by atoms with Gasteiger partial charge in [-0.2, -0.15) is 0 Å². The molecule has 1 amide bonds. The predicted molar refractivity (Wildman–Crippen MR) is 71.7 cm³/mol. The number of carbonyl (C=O) groups excluding carboxylic acids is 1. The van der Waals surface area contributed by atoms with Crippen molar-refractivity contribution in [2.75, 3.05) is 5.32 Å². The molecule has 7 nitrogen and oxygen atoms in total. The Kier molecular flexibility index (Phi) is 3.60. The molecule has 2 rings (SSSR count). The van der Waals surface area contributed by atoms with Crippen molar-refractivity contribution in [3.8, 4) is 5.75 Å². The van der Waals surface area contributed by atoms with Gasteiger partial charge in [0.25, 0.3) is 5.91 Å². The number of hydrogen-bond donors (Lipinski definition) is 2. The van der Waals surface area contributed by atoms with E-state index in [4.69, 9.17) is 0 Å². The molecular weight excluding hydrogens is 262 g/mol. The average molecular weight is 273 g/mol. The van der Waals surface area contributed by atoms with E-state index in [1.807, 2.05) is 6.92 Å². The first-order chi connectivity index (χ1) is 9.47. The minimum Gasteiger partial charge on any atom is -0.502 e. The lowest BCUT2D eigenvalue weighted by molar-refractivity contribution is -0.385. The third-order valence-electron chi connectivity index (χ3n) is 2.59. The minimum absolute atomic E-state index is 0.107. The number of rotatable bonds is 3. The van der Waals surface area contributed by atoms with Crippen molar-refractivity contribution in [2.45, 2.75) is 6.92 Å². The molecule has 0 unspecified atom stereocenters. The van der Waals surface area contributed by atoms with Crippen molar-refractivity contribution in [3.05, 3.63) is 57.8 Å². The van der Waals surface area contributed by atoms with E-state index >= 15 is 0 Å². The second kappa shape index (κ2) is 5.35. The summed E-state index contributed by atoms with van der Waals surface area (Å²) in [5.74, 6) is -0.704. The fraction of sp³-hybridized carbons (Fsp3) is 0.0769. The molecule has 7 heteroatoms. The standard InChI is InChI=1S/C13H11N3O4/c1-8-2-5-12(14-7-8)15-13(18)9-3-4-10(16(19)20)11(17)6-9/h2-7,17H,1H3,(H,14,15,18). The molecule has 102 valence electrons. The molecule has 0 saturated carbocycles. The molecule has 1 aromatic heterocycles. The third-order valence-corrected chi connectivity index (χ3v) is 2.59. The lowest BCUT2D eigenvalue weighted by Gasteiger charge is -2.05. The molecule has 0 fully saturated rings. The molecule has 0 aliphatic heterocycles. The molecule has 0 aliphatic carbocycles. The number of nitro benzene ring substituents is 1. The summed E-state index contributed by atoms with van der Waals surface area (Å²) in [5.41, 5.74) is 0.612. The summed E-state index contributed by atoms with van der Waals surface area (Å²) in [7, 11) is 0. The number of phenols is 1. The van der Waals surface area contributed by atoms with Crippen molar-refractivity contribution in [3.63, 3.8) is 0 Å². The number of nitro groups is 1. The SMILES string of the molecule is Cc1ccc(NC(=O)c2ccc([N+](=O)[O-])c(O)c2)nc1. The first kappa shape index (κ1) is 13.5. The molecule has 0 bridgehead atoms. The number of pyridine rings is 1. The van der Waals surface area contributed by atoms with Gasteiger partial charge in [-0.1, -0.05) is 6.07 Å². The van der Waals surface area contributed by atoms with Crippen molar-refractivity contribution in [1.29, 1.82) is 0 Å². The number of anilines is 1. The monoisotopic (exact) mass is 273 g/mol. The number of aromatic hydroxyl groups is 1. The maximum absolute atomic E-state index is 11.9. The number of benzene rings is 1. The molecular formula is C13H11N3O4. The summed E-state index contributed by atoms with van der Waals surface area (Å²) < 4.78 is 0. The topological polar surface area (TPSA) is 105 Å². The van der Waals surface area contributed by atoms with E-state index in [2.05, 4.69) is 10.3 Å². The van der Waals surface area contributed by atoms with Crippen LogP contribution in [0.2, 0.25) is 0 Å². The normalized spacial score (nSPS) is 10.1. The van der Waals surface area contributed by atoms with Crippen LogP contribution in [0.4, 0.5) is 11.5 Å². The van der Waals surface area contributed by atoms with Crippen molar-refractivity contribution < 1.29 is 14.8 Å². The van der Waals surface area contributed by atoms with Crippen LogP contribution in [0.3, 0.4) is 0 Å². The van der Waals surface area contributed by atoms with Gasteiger partial charge in [-0.3, -0.25) is 14.9 Å². The zero-order valence-corrected chi connectivity index (χ0v) is 10.5. The van der Waals surface area contributed by atoms with Gasteiger partial charge in [0.05, 0.1) is 4.92 Å². The van der Waals surface area contributed by atoms with Gasteiger partial charge in [-0.25, -0.2) is 4.98 Å². The number of nitrogens with zero attached hydrogens (tertiary/aromatic N) is 2. The Labute approximate surface area is 114 Å². The summed E-state index contributed by atoms with van der Waals surface area (Å²) in [5, 5.41) is 22.6. The zero-order valence-electron chi connectivity index (χ0n) is 10.5. The van der Waals surface area contributed by atoms with Crippen LogP contribution in [0.25, 0.3) is 0 Å². The Hall–Kier alpha value is -2.96. The Balaban J connectivity index is 2.19. The van der Waals surface area contributed by atoms with E-state index < -0.39 is 22.3 Å². The van der Waals surface area contributed by atoms with Crippen LogP contribution >= 0.6 is 0 Å². The van der Waals surface area contributed by atoms with Crippen LogP contribution in [0.15, 0.2) is 36.5 Å². The quantitative estimate of drug-likeness (QED) is 0.659. The number of amides is 1. The van der Waals surface area contributed by atoms with Gasteiger partial charge >= 0.3 is 5.69 Å². The molecule has 0 atom stereocenters. The Morgan fingerprint density at radius 2 is 2.10 bits per heavy atom. The molecule has 20 heavy (non-hydrogen) atoms. The van der Waals surface area contributed by atoms with Gasteiger partial charge < -0.3 is 10.4 Å². The molecule has 2 aromatic rings. The highest BCUT2D eigenvalue weighted by atomic mass is 16.6. The Bertz CT molecular complexity index is 668. The lowest BCUT2D eigenvalue weighted by Crippen LogP contribution is -2.12. The van der Waals surface area contributed by atoms with E-state index in [0.29, 0.717) is 5.82 Å². The summed E-state index contributed by atoms with van der Waals surface area (Å²) in [4.78, 5) is 25.7. The molecule has 1 aromatic carbocycles. The summed E-state index contributed by atoms with van der Waals surface area (Å²) in [6, 6.07) is 6.81. The van der Waals surface area contributed by atoms with Crippen molar-refractivity contribution in [1.82, 2.24) is 4.98 Å². The number of aryl methyl sites for hydroxylation is 1. The van der Waals surface area contributed by atoms with Gasteiger partial charge in [-0.15, -0.1) is 0 Å². The summed E-state index contributed by atoms with van der Waals surface area (Å²) in [6.45, 7) is 1.87. The summed E-state index contributed by atoms with van der Waals surface area (Å²) in [6.07, 6.45) is 1.60. The van der Waals surface area contributed by atoms with Crippen LogP contribution in [-0.4, -0.2) is 20.9 Å². The number of nitrogens with one attached hydrogen (secondary N) is 1. The molecule has 2 N–H and O–H groups in total. The van der Waals surface area contributed by atoms with Gasteiger partial charge in [0, 0.05) is 17.8 Å². The summed E-state index contributed by atoms with van der Waals surface area (Å²) >= 11 is 0.